The van der Waals surface area contributed by atoms with Gasteiger partial charge < -0.3 is 4.42 Å². The molecule has 0 spiro atoms. The molecule has 0 saturated carbocycles. The zero-order valence-electron chi connectivity index (χ0n) is 5.57. The van der Waals surface area contributed by atoms with Crippen LogP contribution in [-0.2, 0) is 5.88 Å². The van der Waals surface area contributed by atoms with Gasteiger partial charge in [0, 0.05) is 5.56 Å². The lowest BCUT2D eigenvalue weighted by Gasteiger charge is -1.89. The van der Waals surface area contributed by atoms with Crippen LogP contribution in [0.2, 0.25) is 0 Å². The first kappa shape index (κ1) is 6.69. The van der Waals surface area contributed by atoms with Gasteiger partial charge in [-0.05, 0) is 19.4 Å². The van der Waals surface area contributed by atoms with Gasteiger partial charge in [-0.3, -0.25) is 0 Å². The molecule has 1 aromatic rings. The van der Waals surface area contributed by atoms with E-state index in [9.17, 15) is 0 Å². The van der Waals surface area contributed by atoms with Gasteiger partial charge in [0.15, 0.2) is 0 Å². The monoisotopic (exact) mass is 144 g/mol. The molecule has 0 bridgehead atoms. The molecule has 0 atom stereocenters. The molecule has 1 heterocycles. The highest BCUT2D eigenvalue weighted by molar-refractivity contribution is 6.17. The third-order valence-electron chi connectivity index (χ3n) is 1.45. The van der Waals surface area contributed by atoms with Crippen LogP contribution in [0.1, 0.15) is 16.9 Å². The van der Waals surface area contributed by atoms with Crippen LogP contribution in [0, 0.1) is 13.8 Å². The van der Waals surface area contributed by atoms with Crippen LogP contribution in [0.25, 0.3) is 0 Å². The molecule has 0 unspecified atom stereocenters. The molecule has 0 aromatic carbocycles. The number of rotatable bonds is 1. The van der Waals surface area contributed by atoms with Crippen LogP contribution in [0.4, 0.5) is 0 Å². The van der Waals surface area contributed by atoms with Crippen molar-refractivity contribution in [1.29, 1.82) is 0 Å². The standard InChI is InChI=1S/C7H9ClO/c1-5-4-9-6(2)7(5)3-8/h4H,3H2,1-2H3. The van der Waals surface area contributed by atoms with Crippen LogP contribution in [0.5, 0.6) is 0 Å². The molecule has 1 aromatic heterocycles. The van der Waals surface area contributed by atoms with Crippen molar-refractivity contribution in [2.75, 3.05) is 0 Å². The lowest BCUT2D eigenvalue weighted by atomic mass is 10.2. The minimum atomic E-state index is 0.550. The Morgan fingerprint density at radius 1 is 1.56 bits per heavy atom. The second-order valence-electron chi connectivity index (χ2n) is 2.09. The summed E-state index contributed by atoms with van der Waals surface area (Å²) in [5, 5.41) is 0. The second-order valence-corrected chi connectivity index (χ2v) is 2.35. The molecule has 0 fully saturated rings. The van der Waals surface area contributed by atoms with Crippen molar-refractivity contribution >= 4 is 11.6 Å². The molecule has 0 saturated heterocycles. The van der Waals surface area contributed by atoms with E-state index >= 15 is 0 Å². The number of hydrogen-bond acceptors (Lipinski definition) is 1. The Morgan fingerprint density at radius 2 is 2.22 bits per heavy atom. The maximum Gasteiger partial charge on any atom is 0.105 e. The third-order valence-corrected chi connectivity index (χ3v) is 1.71. The predicted molar refractivity (Wildman–Crippen MR) is 37.7 cm³/mol. The molecule has 1 nitrogen and oxygen atoms in total. The van der Waals surface area contributed by atoms with Gasteiger partial charge >= 0.3 is 0 Å². The number of aryl methyl sites for hydroxylation is 2. The molecule has 9 heavy (non-hydrogen) atoms. The first-order valence-electron chi connectivity index (χ1n) is 2.85. The van der Waals surface area contributed by atoms with Crippen molar-refractivity contribution in [2.45, 2.75) is 19.7 Å². The van der Waals surface area contributed by atoms with Gasteiger partial charge in [0.05, 0.1) is 12.1 Å². The van der Waals surface area contributed by atoms with Crippen LogP contribution in [0.15, 0.2) is 10.7 Å². The minimum absolute atomic E-state index is 0.550. The van der Waals surface area contributed by atoms with E-state index in [-0.39, 0.29) is 0 Å². The summed E-state index contributed by atoms with van der Waals surface area (Å²) < 4.78 is 5.10. The van der Waals surface area contributed by atoms with Gasteiger partial charge in [0.2, 0.25) is 0 Å². The lowest BCUT2D eigenvalue weighted by Crippen LogP contribution is -1.78. The Kier molecular flexibility index (Phi) is 1.81. The fourth-order valence-electron chi connectivity index (χ4n) is 0.796. The van der Waals surface area contributed by atoms with E-state index in [1.807, 2.05) is 13.8 Å². The molecule has 0 amide bonds. The molecule has 0 N–H and O–H groups in total. The third kappa shape index (κ3) is 1.11. The van der Waals surface area contributed by atoms with E-state index < -0.39 is 0 Å². The molecule has 1 rings (SSSR count). The molecule has 0 aliphatic carbocycles. The Morgan fingerprint density at radius 3 is 2.44 bits per heavy atom. The van der Waals surface area contributed by atoms with Crippen LogP contribution in [-0.4, -0.2) is 0 Å². The summed E-state index contributed by atoms with van der Waals surface area (Å²) in [5.41, 5.74) is 2.26. The van der Waals surface area contributed by atoms with Crippen molar-refractivity contribution in [3.05, 3.63) is 23.2 Å². The highest BCUT2D eigenvalue weighted by Crippen LogP contribution is 2.16. The maximum absolute atomic E-state index is 5.62. The summed E-state index contributed by atoms with van der Waals surface area (Å²) in [6, 6.07) is 0. The minimum Gasteiger partial charge on any atom is -0.469 e. The Bertz CT molecular complexity index is 183. The van der Waals surface area contributed by atoms with Crippen molar-refractivity contribution in [1.82, 2.24) is 0 Å². The fourth-order valence-corrected chi connectivity index (χ4v) is 1.20. The zero-order chi connectivity index (χ0) is 6.85. The van der Waals surface area contributed by atoms with Gasteiger partial charge in [0.1, 0.15) is 5.76 Å². The quantitative estimate of drug-likeness (QED) is 0.553. The SMILES string of the molecule is Cc1coc(C)c1CCl. The maximum atomic E-state index is 5.62. The summed E-state index contributed by atoms with van der Waals surface area (Å²) in [6.45, 7) is 3.92. The van der Waals surface area contributed by atoms with Crippen molar-refractivity contribution in [3.63, 3.8) is 0 Å². The summed E-state index contributed by atoms with van der Waals surface area (Å²) in [5.74, 6) is 1.48. The number of hydrogen-bond donors (Lipinski definition) is 0. The van der Waals surface area contributed by atoms with Gasteiger partial charge in [-0.15, -0.1) is 11.6 Å². The van der Waals surface area contributed by atoms with Crippen molar-refractivity contribution in [3.8, 4) is 0 Å². The molecule has 0 aliphatic rings. The van der Waals surface area contributed by atoms with E-state index in [1.165, 1.54) is 0 Å². The van der Waals surface area contributed by atoms with E-state index in [0.717, 1.165) is 16.9 Å². The van der Waals surface area contributed by atoms with E-state index in [0.29, 0.717) is 5.88 Å². The smallest absolute Gasteiger partial charge is 0.105 e. The normalized spacial score (nSPS) is 10.1. The molecule has 2 heteroatoms. The number of alkyl halides is 1. The predicted octanol–water partition coefficient (Wildman–Crippen LogP) is 2.64. The first-order chi connectivity index (χ1) is 4.25. The van der Waals surface area contributed by atoms with Gasteiger partial charge in [-0.25, -0.2) is 0 Å². The van der Waals surface area contributed by atoms with Gasteiger partial charge in [-0.2, -0.15) is 0 Å². The van der Waals surface area contributed by atoms with Gasteiger partial charge in [-0.1, -0.05) is 0 Å². The Labute approximate surface area is 59.6 Å². The van der Waals surface area contributed by atoms with E-state index in [2.05, 4.69) is 0 Å². The van der Waals surface area contributed by atoms with Crippen LogP contribution in [0.3, 0.4) is 0 Å². The number of halogens is 1. The van der Waals surface area contributed by atoms with Crippen LogP contribution >= 0.6 is 11.6 Å². The van der Waals surface area contributed by atoms with Gasteiger partial charge in [0.25, 0.3) is 0 Å². The summed E-state index contributed by atoms with van der Waals surface area (Å²) in [4.78, 5) is 0. The summed E-state index contributed by atoms with van der Waals surface area (Å²) in [7, 11) is 0. The van der Waals surface area contributed by atoms with E-state index in [4.69, 9.17) is 16.0 Å². The van der Waals surface area contributed by atoms with Crippen LogP contribution < -0.4 is 0 Å². The molecule has 50 valence electrons. The molecule has 0 radical (unpaired) electrons. The average molecular weight is 145 g/mol. The lowest BCUT2D eigenvalue weighted by molar-refractivity contribution is 0.530. The van der Waals surface area contributed by atoms with E-state index in [1.54, 1.807) is 6.26 Å². The Hall–Kier alpha value is -0.430. The highest BCUT2D eigenvalue weighted by atomic mass is 35.5. The fraction of sp³-hybridized carbons (Fsp3) is 0.429. The topological polar surface area (TPSA) is 13.1 Å². The second kappa shape index (κ2) is 2.44. The summed E-state index contributed by atoms with van der Waals surface area (Å²) in [6.07, 6.45) is 1.73. The van der Waals surface area contributed by atoms with Crippen molar-refractivity contribution < 1.29 is 4.42 Å². The molecule has 0 aliphatic heterocycles. The largest absolute Gasteiger partial charge is 0.469 e. The molecular weight excluding hydrogens is 136 g/mol. The highest BCUT2D eigenvalue weighted by Gasteiger charge is 2.02. The number of furan rings is 1. The summed E-state index contributed by atoms with van der Waals surface area (Å²) >= 11 is 5.62. The van der Waals surface area contributed by atoms with Crippen molar-refractivity contribution in [2.24, 2.45) is 0 Å². The molecular formula is C7H9ClO. The first-order valence-corrected chi connectivity index (χ1v) is 3.38. The average Bonchev–Trinajstić information content (AvgIpc) is 2.12. The zero-order valence-corrected chi connectivity index (χ0v) is 6.33. The Balaban J connectivity index is 3.07.